The van der Waals surface area contributed by atoms with Crippen molar-refractivity contribution in [3.63, 3.8) is 0 Å². The number of nitrogens with zero attached hydrogens (tertiary/aromatic N) is 1. The van der Waals surface area contributed by atoms with E-state index in [1.165, 1.54) is 0 Å². The van der Waals surface area contributed by atoms with Crippen LogP contribution < -0.4 is 129 Å². The quantitative estimate of drug-likeness (QED) is 0.223. The molecule has 0 atom stereocenters. The van der Waals surface area contributed by atoms with E-state index in [0.717, 1.165) is 0 Å². The van der Waals surface area contributed by atoms with Gasteiger partial charge in [0.05, 0.1) is 5.97 Å². The Morgan fingerprint density at radius 1 is 0.708 bits per heavy atom. The summed E-state index contributed by atoms with van der Waals surface area (Å²) in [5, 5.41) is 36.2. The van der Waals surface area contributed by atoms with Crippen LogP contribution in [-0.4, -0.2) is 80.8 Å². The van der Waals surface area contributed by atoms with Crippen LogP contribution in [0.25, 0.3) is 0 Å². The van der Waals surface area contributed by atoms with Crippen LogP contribution in [0, 0.1) is 0 Å². The minimum Gasteiger partial charge on any atom is -1.00 e. The topological polar surface area (TPSA) is 250 Å². The maximum absolute atomic E-state index is 10.5. The number of hydrogen-bond donors (Lipinski definition) is 4. The van der Waals surface area contributed by atoms with E-state index in [-0.39, 0.29) is 141 Å². The molecule has 12 nitrogen and oxygen atoms in total. The van der Waals surface area contributed by atoms with Crippen molar-refractivity contribution in [3.05, 3.63) is 0 Å². The molecular formula is C8H22N2Na4O10. The van der Waals surface area contributed by atoms with Gasteiger partial charge >= 0.3 is 136 Å². The van der Waals surface area contributed by atoms with Crippen LogP contribution in [0.5, 0.6) is 0 Å². The van der Waals surface area contributed by atoms with E-state index < -0.39 is 54.5 Å². The van der Waals surface area contributed by atoms with Crippen molar-refractivity contribution in [3.8, 4) is 0 Å². The van der Waals surface area contributed by atoms with Crippen LogP contribution in [0.1, 0.15) is 5.71 Å². The summed E-state index contributed by atoms with van der Waals surface area (Å²) in [6.07, 6.45) is 0. The van der Waals surface area contributed by atoms with Crippen LogP contribution >= 0.6 is 0 Å². The fourth-order valence-corrected chi connectivity index (χ4v) is 1.47. The second-order valence-electron chi connectivity index (χ2n) is 3.53. The smallest absolute Gasteiger partial charge is 1.00 e. The van der Waals surface area contributed by atoms with Gasteiger partial charge < -0.3 is 48.0 Å². The van der Waals surface area contributed by atoms with Gasteiger partial charge in [0, 0.05) is 0 Å². The molecule has 0 aliphatic carbocycles. The Kier molecular flexibility index (Phi) is 51.6. The molecule has 0 saturated carbocycles. The van der Waals surface area contributed by atoms with Crippen LogP contribution in [0.15, 0.2) is 0 Å². The normalized spacial score (nSPS) is 7.67. The van der Waals surface area contributed by atoms with Crippen molar-refractivity contribution in [2.75, 3.05) is 26.2 Å². The summed E-state index contributed by atoms with van der Waals surface area (Å²) in [5.74, 6) is -6.19. The summed E-state index contributed by atoms with van der Waals surface area (Å²) < 4.78 is -1.14. The molecule has 0 saturated heterocycles. The molecule has 0 aromatic heterocycles. The van der Waals surface area contributed by atoms with E-state index in [9.17, 15) is 24.3 Å². The first-order valence-corrected chi connectivity index (χ1v) is 4.37. The van der Waals surface area contributed by atoms with Gasteiger partial charge in [0.15, 0.2) is 19.6 Å². The Morgan fingerprint density at radius 3 is 1.04 bits per heavy atom. The largest absolute Gasteiger partial charge is 1.00 e. The van der Waals surface area contributed by atoms with Gasteiger partial charge in [0.2, 0.25) is 0 Å². The molecule has 0 radical (unpaired) electrons. The summed E-state index contributed by atoms with van der Waals surface area (Å²) >= 11 is 0. The summed E-state index contributed by atoms with van der Waals surface area (Å²) in [7, 11) is 0. The average molecular weight is 398 g/mol. The van der Waals surface area contributed by atoms with E-state index in [0.29, 0.717) is 0 Å². The molecule has 0 rings (SSSR count). The maximum Gasteiger partial charge on any atom is 1.00 e. The van der Waals surface area contributed by atoms with E-state index in [1.807, 2.05) is 0 Å². The molecular weight excluding hydrogens is 376 g/mol. The molecule has 0 aromatic rings. The monoisotopic (exact) mass is 398 g/mol. The van der Waals surface area contributed by atoms with Crippen molar-refractivity contribution < 1.29 is 179 Å². The Bertz CT molecular complexity index is 318. The first kappa shape index (κ1) is 50.1. The van der Waals surface area contributed by atoms with E-state index in [1.54, 1.807) is 0 Å². The summed E-state index contributed by atoms with van der Waals surface area (Å²) in [4.78, 5) is 42.1. The molecule has 0 aliphatic rings. The maximum atomic E-state index is 10.5. The van der Waals surface area contributed by atoms with Crippen molar-refractivity contribution in [2.24, 2.45) is 0 Å². The van der Waals surface area contributed by atoms with Crippen molar-refractivity contribution in [1.82, 2.24) is 6.15 Å². The SMILES string of the molecule is N.O.O.O=C([O-])C[N+](CC(=O)O)(CC(=O)O)CC(=O)O.[H-].[H-].[H-].[H-].[Na+].[Na+].[Na+].[Na+]. The van der Waals surface area contributed by atoms with Gasteiger partial charge in [-0.15, -0.1) is 0 Å². The zero-order chi connectivity index (χ0) is 13.6. The van der Waals surface area contributed by atoms with Crippen LogP contribution in [0.4, 0.5) is 0 Å². The summed E-state index contributed by atoms with van der Waals surface area (Å²) in [6, 6.07) is 0. The van der Waals surface area contributed by atoms with Gasteiger partial charge in [-0.2, -0.15) is 0 Å². The number of aliphatic carboxylic acids is 4. The van der Waals surface area contributed by atoms with E-state index in [4.69, 9.17) is 15.3 Å². The van der Waals surface area contributed by atoms with Crippen LogP contribution in [-0.2, 0) is 19.2 Å². The van der Waals surface area contributed by atoms with Gasteiger partial charge in [-0.3, -0.25) is 4.48 Å². The molecule has 24 heavy (non-hydrogen) atoms. The fourth-order valence-electron chi connectivity index (χ4n) is 1.47. The third-order valence-electron chi connectivity index (χ3n) is 1.88. The van der Waals surface area contributed by atoms with Gasteiger partial charge in [-0.25, -0.2) is 14.4 Å². The fraction of sp³-hybridized carbons (Fsp3) is 0.500. The van der Waals surface area contributed by atoms with Gasteiger partial charge in [-0.05, 0) is 0 Å². The Hall–Kier alpha value is 1.72. The summed E-state index contributed by atoms with van der Waals surface area (Å²) in [5.41, 5.74) is 0. The molecule has 0 aliphatic heterocycles. The molecule has 0 aromatic carbocycles. The second kappa shape index (κ2) is 24.7. The molecule has 128 valence electrons. The van der Waals surface area contributed by atoms with E-state index >= 15 is 0 Å². The zero-order valence-electron chi connectivity index (χ0n) is 18.4. The number of carboxylic acids is 4. The molecule has 0 spiro atoms. The second-order valence-corrected chi connectivity index (χ2v) is 3.53. The molecule has 0 fully saturated rings. The molecule has 0 unspecified atom stereocenters. The van der Waals surface area contributed by atoms with Crippen LogP contribution in [0.3, 0.4) is 0 Å². The molecule has 16 heteroatoms. The molecule has 0 amide bonds. The van der Waals surface area contributed by atoms with Crippen molar-refractivity contribution in [1.29, 1.82) is 0 Å². The van der Waals surface area contributed by atoms with Crippen molar-refractivity contribution in [2.45, 2.75) is 0 Å². The Balaban J connectivity index is -0.0000000233. The predicted octanol–water partition coefficient (Wildman–Crippen LogP) is -16.2. The van der Waals surface area contributed by atoms with Gasteiger partial charge in [0.25, 0.3) is 0 Å². The first-order chi connectivity index (χ1) is 7.67. The third-order valence-corrected chi connectivity index (χ3v) is 1.88. The number of rotatable bonds is 8. The third kappa shape index (κ3) is 26.0. The number of carboxylic acid groups (broad SMARTS) is 4. The predicted molar refractivity (Wildman–Crippen MR) is 64.3 cm³/mol. The minimum absolute atomic E-state index is 0. The van der Waals surface area contributed by atoms with Crippen molar-refractivity contribution >= 4 is 23.9 Å². The Morgan fingerprint density at radius 2 is 0.917 bits per heavy atom. The first-order valence-electron chi connectivity index (χ1n) is 4.37. The van der Waals surface area contributed by atoms with Crippen LogP contribution in [0.2, 0.25) is 0 Å². The van der Waals surface area contributed by atoms with Gasteiger partial charge in [0.1, 0.15) is 6.54 Å². The molecule has 0 bridgehead atoms. The van der Waals surface area contributed by atoms with Gasteiger partial charge in [-0.1, -0.05) is 0 Å². The van der Waals surface area contributed by atoms with E-state index in [2.05, 4.69) is 0 Å². The summed E-state index contributed by atoms with van der Waals surface area (Å²) in [6.45, 7) is -3.77. The molecule has 0 heterocycles. The Labute approximate surface area is 232 Å². The standard InChI is InChI=1S/C8H11NO8.H3N.4Na.2H2O.4H/c10-5(11)1-9(2-6(12)13,3-7(14)15)4-8(16)17;;;;;;;;;;;/h1-4H2,(H3-,10,11,12,13,14,15,16,17);1H3;;;;;2*1H2;;;;/q;;4*+1;;;4*-1. The number of carbonyl (C=O) groups is 4. The minimum atomic E-state index is -1.71. The molecule has 10 N–H and O–H groups in total. The number of carbonyl (C=O) groups excluding carboxylic acids is 1. The number of quaternary nitrogens is 1. The average Bonchev–Trinajstić information content (AvgIpc) is 1.95. The zero-order valence-corrected chi connectivity index (χ0v) is 22.4. The number of hydrogen-bond acceptors (Lipinski definition) is 6.